The zero-order valence-corrected chi connectivity index (χ0v) is 10.6. The molecule has 0 bridgehead atoms. The number of carbonyl (C=O) groups is 2. The number of carboxylic acids is 1. The van der Waals surface area contributed by atoms with Gasteiger partial charge in [-0.05, 0) is 11.4 Å². The summed E-state index contributed by atoms with van der Waals surface area (Å²) in [5.41, 5.74) is -0.158. The average Bonchev–Trinajstić information content (AvgIpc) is 2.77. The van der Waals surface area contributed by atoms with Gasteiger partial charge in [0, 0.05) is 16.8 Å². The molecular weight excluding hydrogens is 240 g/mol. The minimum atomic E-state index is -1.06. The Morgan fingerprint density at radius 2 is 2.12 bits per heavy atom. The number of aliphatic carboxylic acids is 1. The molecule has 0 saturated heterocycles. The van der Waals surface area contributed by atoms with Crippen molar-refractivity contribution in [3.63, 3.8) is 0 Å². The second-order valence-corrected chi connectivity index (χ2v) is 5.24. The summed E-state index contributed by atoms with van der Waals surface area (Å²) in [4.78, 5) is 22.7. The lowest BCUT2D eigenvalue weighted by molar-refractivity contribution is -0.135. The molecule has 1 rings (SSSR count). The van der Waals surface area contributed by atoms with Gasteiger partial charge in [0.2, 0.25) is 0 Å². The number of carboxylic acid groups (broad SMARTS) is 1. The molecule has 94 valence electrons. The number of nitrogens with one attached hydrogen (secondary N) is 2. The van der Waals surface area contributed by atoms with Crippen LogP contribution in [0.25, 0.3) is 0 Å². The van der Waals surface area contributed by atoms with Crippen LogP contribution >= 0.6 is 11.3 Å². The Morgan fingerprint density at radius 3 is 2.65 bits per heavy atom. The van der Waals surface area contributed by atoms with Crippen LogP contribution in [0.3, 0.4) is 0 Å². The molecule has 0 aliphatic carbocycles. The third-order valence-corrected chi connectivity index (χ3v) is 3.52. The molecule has 0 radical (unpaired) electrons. The molecule has 6 heteroatoms. The average molecular weight is 256 g/mol. The van der Waals surface area contributed by atoms with Crippen molar-refractivity contribution in [2.24, 2.45) is 0 Å². The maximum atomic E-state index is 11.3. The first-order chi connectivity index (χ1) is 7.92. The van der Waals surface area contributed by atoms with E-state index in [0.717, 1.165) is 0 Å². The first kappa shape index (κ1) is 13.5. The van der Waals surface area contributed by atoms with E-state index in [1.807, 2.05) is 31.4 Å². The number of urea groups is 1. The van der Waals surface area contributed by atoms with E-state index < -0.39 is 12.0 Å². The number of hydrogen-bond donors (Lipinski definition) is 3. The van der Waals surface area contributed by atoms with Gasteiger partial charge in [-0.15, -0.1) is 11.3 Å². The van der Waals surface area contributed by atoms with Crippen molar-refractivity contribution in [3.05, 3.63) is 22.4 Å². The zero-order valence-electron chi connectivity index (χ0n) is 9.82. The van der Waals surface area contributed by atoms with Crippen LogP contribution in [0.2, 0.25) is 0 Å². The van der Waals surface area contributed by atoms with E-state index in [9.17, 15) is 9.59 Å². The Bertz CT molecular complexity index is 387. The summed E-state index contributed by atoms with van der Waals surface area (Å²) >= 11 is 1.63. The third kappa shape index (κ3) is 4.44. The van der Waals surface area contributed by atoms with Gasteiger partial charge in [-0.2, -0.15) is 0 Å². The predicted molar refractivity (Wildman–Crippen MR) is 66.4 cm³/mol. The van der Waals surface area contributed by atoms with Gasteiger partial charge < -0.3 is 15.7 Å². The summed E-state index contributed by atoms with van der Waals surface area (Å²) in [6.45, 7) is 4.14. The smallest absolute Gasteiger partial charge is 0.323 e. The van der Waals surface area contributed by atoms with Crippen LogP contribution in [0.4, 0.5) is 4.79 Å². The quantitative estimate of drug-likeness (QED) is 0.745. The van der Waals surface area contributed by atoms with Crippen molar-refractivity contribution in [2.45, 2.75) is 19.3 Å². The first-order valence-corrected chi connectivity index (χ1v) is 6.07. The summed E-state index contributed by atoms with van der Waals surface area (Å²) in [6.07, 6.45) is 0. The van der Waals surface area contributed by atoms with Gasteiger partial charge in [-0.3, -0.25) is 4.79 Å². The summed E-state index contributed by atoms with van der Waals surface area (Å²) in [5.74, 6) is -1.06. The van der Waals surface area contributed by atoms with Crippen molar-refractivity contribution in [1.29, 1.82) is 0 Å². The van der Waals surface area contributed by atoms with Gasteiger partial charge in [0.15, 0.2) is 0 Å². The van der Waals surface area contributed by atoms with Crippen molar-refractivity contribution < 1.29 is 14.7 Å². The largest absolute Gasteiger partial charge is 0.480 e. The topological polar surface area (TPSA) is 78.4 Å². The highest BCUT2D eigenvalue weighted by Crippen LogP contribution is 2.26. The van der Waals surface area contributed by atoms with Crippen molar-refractivity contribution in [2.75, 3.05) is 13.1 Å². The fourth-order valence-corrected chi connectivity index (χ4v) is 2.12. The molecule has 5 nitrogen and oxygen atoms in total. The second kappa shape index (κ2) is 5.67. The zero-order chi connectivity index (χ0) is 12.9. The van der Waals surface area contributed by atoms with Crippen LogP contribution in [0.15, 0.2) is 17.5 Å². The van der Waals surface area contributed by atoms with Crippen LogP contribution in [-0.4, -0.2) is 30.2 Å². The molecule has 2 amide bonds. The lowest BCUT2D eigenvalue weighted by Crippen LogP contribution is -2.43. The van der Waals surface area contributed by atoms with Crippen LogP contribution in [0, 0.1) is 0 Å². The highest BCUT2D eigenvalue weighted by Gasteiger charge is 2.22. The lowest BCUT2D eigenvalue weighted by atomic mass is 9.91. The Kier molecular flexibility index (Phi) is 4.51. The lowest BCUT2D eigenvalue weighted by Gasteiger charge is -2.23. The molecule has 1 aromatic rings. The van der Waals surface area contributed by atoms with Crippen molar-refractivity contribution >= 4 is 23.3 Å². The molecule has 0 fully saturated rings. The van der Waals surface area contributed by atoms with Crippen LogP contribution in [0.1, 0.15) is 18.7 Å². The number of amides is 2. The number of rotatable bonds is 5. The summed E-state index contributed by atoms with van der Waals surface area (Å²) in [7, 11) is 0. The summed E-state index contributed by atoms with van der Waals surface area (Å²) < 4.78 is 0. The predicted octanol–water partition coefficient (Wildman–Crippen LogP) is 1.41. The molecule has 17 heavy (non-hydrogen) atoms. The van der Waals surface area contributed by atoms with E-state index in [4.69, 9.17) is 5.11 Å². The molecule has 0 spiro atoms. The SMILES string of the molecule is CC(C)(CNC(=O)NCC(=O)O)c1cccs1. The van der Waals surface area contributed by atoms with Crippen LogP contribution in [0.5, 0.6) is 0 Å². The van der Waals surface area contributed by atoms with Gasteiger partial charge >= 0.3 is 12.0 Å². The summed E-state index contributed by atoms with van der Waals surface area (Å²) in [6, 6.07) is 3.52. The van der Waals surface area contributed by atoms with E-state index in [1.165, 1.54) is 4.88 Å². The minimum Gasteiger partial charge on any atom is -0.480 e. The Hall–Kier alpha value is -1.56. The third-order valence-electron chi connectivity index (χ3n) is 2.28. The van der Waals surface area contributed by atoms with E-state index in [2.05, 4.69) is 10.6 Å². The van der Waals surface area contributed by atoms with E-state index in [-0.39, 0.29) is 12.0 Å². The fourth-order valence-electron chi connectivity index (χ4n) is 1.27. The Balaban J connectivity index is 2.40. The molecule has 0 unspecified atom stereocenters. The molecule has 1 aromatic heterocycles. The second-order valence-electron chi connectivity index (χ2n) is 4.29. The Morgan fingerprint density at radius 1 is 1.41 bits per heavy atom. The van der Waals surface area contributed by atoms with Crippen molar-refractivity contribution in [3.8, 4) is 0 Å². The van der Waals surface area contributed by atoms with Gasteiger partial charge in [-0.25, -0.2) is 4.79 Å². The molecule has 3 N–H and O–H groups in total. The van der Waals surface area contributed by atoms with Gasteiger partial charge in [0.25, 0.3) is 0 Å². The number of carbonyl (C=O) groups excluding carboxylic acids is 1. The normalized spacial score (nSPS) is 10.9. The molecular formula is C11H16N2O3S. The molecule has 0 aliphatic rings. The van der Waals surface area contributed by atoms with Gasteiger partial charge in [-0.1, -0.05) is 19.9 Å². The van der Waals surface area contributed by atoms with E-state index in [1.54, 1.807) is 11.3 Å². The molecule has 0 atom stereocenters. The van der Waals surface area contributed by atoms with E-state index in [0.29, 0.717) is 6.54 Å². The highest BCUT2D eigenvalue weighted by molar-refractivity contribution is 7.10. The number of thiophene rings is 1. The van der Waals surface area contributed by atoms with E-state index >= 15 is 0 Å². The maximum absolute atomic E-state index is 11.3. The molecule has 0 saturated carbocycles. The molecule has 0 aromatic carbocycles. The monoisotopic (exact) mass is 256 g/mol. The fraction of sp³-hybridized carbons (Fsp3) is 0.455. The highest BCUT2D eigenvalue weighted by atomic mass is 32.1. The maximum Gasteiger partial charge on any atom is 0.323 e. The minimum absolute atomic E-state index is 0.158. The van der Waals surface area contributed by atoms with Crippen LogP contribution in [-0.2, 0) is 10.2 Å². The van der Waals surface area contributed by atoms with Gasteiger partial charge in [0.1, 0.15) is 6.54 Å². The molecule has 1 heterocycles. The summed E-state index contributed by atoms with van der Waals surface area (Å²) in [5, 5.41) is 15.3. The van der Waals surface area contributed by atoms with Crippen LogP contribution < -0.4 is 10.6 Å². The molecule has 0 aliphatic heterocycles. The first-order valence-electron chi connectivity index (χ1n) is 5.19. The van der Waals surface area contributed by atoms with Crippen molar-refractivity contribution in [1.82, 2.24) is 10.6 Å². The Labute approximate surface area is 104 Å². The van der Waals surface area contributed by atoms with Gasteiger partial charge in [0.05, 0.1) is 0 Å². The number of hydrogen-bond acceptors (Lipinski definition) is 3. The standard InChI is InChI=1S/C11H16N2O3S/c1-11(2,8-4-3-5-17-8)7-13-10(16)12-6-9(14)15/h3-5H,6-7H2,1-2H3,(H,14,15)(H2,12,13,16).